The Bertz CT molecular complexity index is 534. The minimum absolute atomic E-state index is 0.126. The van der Waals surface area contributed by atoms with Gasteiger partial charge in [-0.25, -0.2) is 0 Å². The van der Waals surface area contributed by atoms with Crippen LogP contribution >= 0.6 is 23.2 Å². The molecule has 1 unspecified atom stereocenters. The molecule has 1 fully saturated rings. The van der Waals surface area contributed by atoms with Crippen LogP contribution < -0.4 is 15.4 Å². The summed E-state index contributed by atoms with van der Waals surface area (Å²) in [4.78, 5) is 23.0. The van der Waals surface area contributed by atoms with Crippen molar-refractivity contribution in [1.29, 1.82) is 0 Å². The van der Waals surface area contributed by atoms with Gasteiger partial charge in [0.25, 0.3) is 0 Å². The van der Waals surface area contributed by atoms with E-state index in [4.69, 9.17) is 27.9 Å². The maximum atomic E-state index is 11.9. The third-order valence-corrected chi connectivity index (χ3v) is 3.42. The first-order chi connectivity index (χ1) is 9.01. The summed E-state index contributed by atoms with van der Waals surface area (Å²) in [6.45, 7) is 0. The summed E-state index contributed by atoms with van der Waals surface area (Å²) in [5, 5.41) is 5.88. The summed E-state index contributed by atoms with van der Waals surface area (Å²) in [6, 6.07) is 2.51. The fourth-order valence-corrected chi connectivity index (χ4v) is 2.25. The van der Waals surface area contributed by atoms with Crippen LogP contribution in [-0.4, -0.2) is 25.0 Å². The molecule has 1 heterocycles. The van der Waals surface area contributed by atoms with Gasteiger partial charge in [0.15, 0.2) is 0 Å². The third kappa shape index (κ3) is 3.11. The van der Waals surface area contributed by atoms with E-state index >= 15 is 0 Å². The summed E-state index contributed by atoms with van der Waals surface area (Å²) < 4.78 is 5.01. The molecule has 0 aromatic heterocycles. The van der Waals surface area contributed by atoms with Crippen LogP contribution in [0.25, 0.3) is 0 Å². The summed E-state index contributed by atoms with van der Waals surface area (Å²) in [7, 11) is 1.48. The lowest BCUT2D eigenvalue weighted by molar-refractivity contribution is -0.122. The molecule has 19 heavy (non-hydrogen) atoms. The van der Waals surface area contributed by atoms with Crippen LogP contribution in [0.5, 0.6) is 5.75 Å². The molecule has 0 saturated carbocycles. The Kier molecular flexibility index (Phi) is 4.17. The maximum Gasteiger partial charge on any atom is 0.247 e. The Labute approximate surface area is 120 Å². The van der Waals surface area contributed by atoms with Gasteiger partial charge in [0.2, 0.25) is 11.8 Å². The van der Waals surface area contributed by atoms with Crippen LogP contribution in [0.15, 0.2) is 12.1 Å². The van der Waals surface area contributed by atoms with Crippen LogP contribution in [-0.2, 0) is 9.59 Å². The van der Waals surface area contributed by atoms with Crippen molar-refractivity contribution in [3.05, 3.63) is 22.2 Å². The number of carbonyl (C=O) groups is 2. The van der Waals surface area contributed by atoms with Crippen molar-refractivity contribution in [2.45, 2.75) is 18.9 Å². The predicted molar refractivity (Wildman–Crippen MR) is 72.8 cm³/mol. The van der Waals surface area contributed by atoms with Crippen LogP contribution in [0.4, 0.5) is 5.69 Å². The molecule has 5 nitrogen and oxygen atoms in total. The number of methoxy groups -OCH3 is 1. The highest BCUT2D eigenvalue weighted by molar-refractivity contribution is 6.36. The molecule has 2 N–H and O–H groups in total. The monoisotopic (exact) mass is 302 g/mol. The second-order valence-corrected chi connectivity index (χ2v) is 4.93. The smallest absolute Gasteiger partial charge is 0.247 e. The van der Waals surface area contributed by atoms with Gasteiger partial charge in [-0.05, 0) is 12.5 Å². The van der Waals surface area contributed by atoms with Crippen molar-refractivity contribution in [3.63, 3.8) is 0 Å². The minimum Gasteiger partial charge on any atom is -0.495 e. The van der Waals surface area contributed by atoms with Crippen LogP contribution in [0, 0.1) is 0 Å². The zero-order valence-corrected chi connectivity index (χ0v) is 11.6. The largest absolute Gasteiger partial charge is 0.495 e. The Morgan fingerprint density at radius 2 is 2.16 bits per heavy atom. The quantitative estimate of drug-likeness (QED) is 0.899. The van der Waals surface area contributed by atoms with Gasteiger partial charge in [-0.1, -0.05) is 23.2 Å². The molecular formula is C12H12Cl2N2O3. The summed E-state index contributed by atoms with van der Waals surface area (Å²) in [5.74, 6) is -0.00757. The standard InChI is InChI=1S/C12H12Cl2N2O3/c1-19-10-5-6(13)9(4-7(10)14)16-12(18)8-2-3-11(17)15-8/h4-5,8H,2-3H2,1H3,(H,15,17)(H,16,18). The molecular weight excluding hydrogens is 291 g/mol. The van der Waals surface area contributed by atoms with E-state index < -0.39 is 6.04 Å². The molecule has 1 aromatic carbocycles. The first-order valence-corrected chi connectivity index (χ1v) is 6.40. The Morgan fingerprint density at radius 1 is 1.42 bits per heavy atom. The molecule has 0 aliphatic carbocycles. The van der Waals surface area contributed by atoms with Gasteiger partial charge in [-0.15, -0.1) is 0 Å². The van der Waals surface area contributed by atoms with Gasteiger partial charge < -0.3 is 15.4 Å². The number of benzene rings is 1. The Hall–Kier alpha value is -1.46. The van der Waals surface area contributed by atoms with E-state index in [-0.39, 0.29) is 11.8 Å². The summed E-state index contributed by atoms with van der Waals surface area (Å²) >= 11 is 12.0. The van der Waals surface area contributed by atoms with Gasteiger partial charge >= 0.3 is 0 Å². The van der Waals surface area contributed by atoms with Crippen molar-refractivity contribution in [1.82, 2.24) is 5.32 Å². The third-order valence-electron chi connectivity index (χ3n) is 2.81. The van der Waals surface area contributed by atoms with Gasteiger partial charge in [-0.3, -0.25) is 9.59 Å². The number of ether oxygens (including phenoxy) is 1. The maximum absolute atomic E-state index is 11.9. The Balaban J connectivity index is 2.13. The van der Waals surface area contributed by atoms with E-state index in [2.05, 4.69) is 10.6 Å². The topological polar surface area (TPSA) is 67.4 Å². The molecule has 1 atom stereocenters. The van der Waals surface area contributed by atoms with E-state index in [0.29, 0.717) is 34.3 Å². The fourth-order valence-electron chi connectivity index (χ4n) is 1.81. The van der Waals surface area contributed by atoms with Gasteiger partial charge in [0.05, 0.1) is 22.8 Å². The fraction of sp³-hybridized carbons (Fsp3) is 0.333. The molecule has 2 rings (SSSR count). The Morgan fingerprint density at radius 3 is 2.74 bits per heavy atom. The number of nitrogens with one attached hydrogen (secondary N) is 2. The molecule has 1 aromatic rings. The van der Waals surface area contributed by atoms with Crippen LogP contribution in [0.2, 0.25) is 10.0 Å². The normalized spacial score (nSPS) is 18.1. The molecule has 7 heteroatoms. The van der Waals surface area contributed by atoms with Crippen LogP contribution in [0.3, 0.4) is 0 Å². The number of anilines is 1. The summed E-state index contributed by atoms with van der Waals surface area (Å²) in [6.07, 6.45) is 0.835. The number of amides is 2. The molecule has 1 aliphatic rings. The van der Waals surface area contributed by atoms with E-state index in [1.807, 2.05) is 0 Å². The zero-order chi connectivity index (χ0) is 14.0. The lowest BCUT2D eigenvalue weighted by Crippen LogP contribution is -2.37. The van der Waals surface area contributed by atoms with Gasteiger partial charge in [0.1, 0.15) is 11.8 Å². The molecule has 1 aliphatic heterocycles. The van der Waals surface area contributed by atoms with Crippen molar-refractivity contribution in [2.75, 3.05) is 12.4 Å². The highest BCUT2D eigenvalue weighted by atomic mass is 35.5. The van der Waals surface area contributed by atoms with Crippen molar-refractivity contribution < 1.29 is 14.3 Å². The average Bonchev–Trinajstić information content (AvgIpc) is 2.80. The first kappa shape index (κ1) is 14.0. The van der Waals surface area contributed by atoms with Gasteiger partial charge in [0, 0.05) is 12.5 Å². The number of hydrogen-bond donors (Lipinski definition) is 2. The summed E-state index contributed by atoms with van der Waals surface area (Å²) in [5.41, 5.74) is 0.388. The van der Waals surface area contributed by atoms with E-state index in [1.54, 1.807) is 0 Å². The zero-order valence-electron chi connectivity index (χ0n) is 10.1. The SMILES string of the molecule is COc1cc(Cl)c(NC(=O)C2CCC(=O)N2)cc1Cl. The number of carbonyl (C=O) groups excluding carboxylic acids is 2. The average molecular weight is 303 g/mol. The van der Waals surface area contributed by atoms with Crippen molar-refractivity contribution in [2.24, 2.45) is 0 Å². The van der Waals surface area contributed by atoms with Crippen molar-refractivity contribution in [3.8, 4) is 5.75 Å². The second kappa shape index (κ2) is 5.67. The molecule has 0 spiro atoms. The molecule has 1 saturated heterocycles. The first-order valence-electron chi connectivity index (χ1n) is 5.64. The lowest BCUT2D eigenvalue weighted by atomic mass is 10.2. The lowest BCUT2D eigenvalue weighted by Gasteiger charge is -2.13. The van der Waals surface area contributed by atoms with E-state index in [9.17, 15) is 9.59 Å². The molecule has 2 amide bonds. The van der Waals surface area contributed by atoms with Crippen molar-refractivity contribution >= 4 is 40.7 Å². The highest BCUT2D eigenvalue weighted by Crippen LogP contribution is 2.34. The van der Waals surface area contributed by atoms with E-state index in [1.165, 1.54) is 19.2 Å². The minimum atomic E-state index is -0.524. The molecule has 102 valence electrons. The van der Waals surface area contributed by atoms with Gasteiger partial charge in [-0.2, -0.15) is 0 Å². The number of halogens is 2. The number of hydrogen-bond acceptors (Lipinski definition) is 3. The predicted octanol–water partition coefficient (Wildman–Crippen LogP) is 2.22. The van der Waals surface area contributed by atoms with Crippen LogP contribution in [0.1, 0.15) is 12.8 Å². The number of rotatable bonds is 3. The molecule has 0 radical (unpaired) electrons. The highest BCUT2D eigenvalue weighted by Gasteiger charge is 2.27. The molecule has 0 bridgehead atoms. The second-order valence-electron chi connectivity index (χ2n) is 4.11. The van der Waals surface area contributed by atoms with E-state index in [0.717, 1.165) is 0 Å².